The third-order valence-corrected chi connectivity index (χ3v) is 4.73. The zero-order valence-electron chi connectivity index (χ0n) is 11.3. The Morgan fingerprint density at radius 2 is 1.76 bits per heavy atom. The minimum atomic E-state index is -4.11. The van der Waals surface area contributed by atoms with Crippen molar-refractivity contribution in [1.29, 1.82) is 0 Å². The highest BCUT2D eigenvalue weighted by atomic mass is 35.5. The van der Waals surface area contributed by atoms with Crippen molar-refractivity contribution in [2.24, 2.45) is 5.14 Å². The van der Waals surface area contributed by atoms with Crippen LogP contribution in [0.25, 0.3) is 0 Å². The molecule has 1 fully saturated rings. The summed E-state index contributed by atoms with van der Waals surface area (Å²) in [5.74, 6) is -1.44. The molecule has 2 N–H and O–H groups in total. The van der Waals surface area contributed by atoms with E-state index in [1.165, 1.54) is 0 Å². The Hall–Kier alpha value is -1.18. The predicted octanol–water partition coefficient (Wildman–Crippen LogP) is 2.14. The van der Waals surface area contributed by atoms with Gasteiger partial charge in [-0.25, -0.2) is 17.9 Å². The number of carbonyl (C=O) groups is 1. The summed E-state index contributed by atoms with van der Waals surface area (Å²) in [6.45, 7) is 1.10. The fourth-order valence-electron chi connectivity index (χ4n) is 2.33. The van der Waals surface area contributed by atoms with Crippen LogP contribution in [0.4, 0.5) is 4.39 Å². The zero-order valence-corrected chi connectivity index (χ0v) is 12.9. The molecule has 116 valence electrons. The molecule has 8 heteroatoms. The van der Waals surface area contributed by atoms with E-state index in [-0.39, 0.29) is 10.6 Å². The van der Waals surface area contributed by atoms with E-state index in [0.717, 1.165) is 37.8 Å². The van der Waals surface area contributed by atoms with Crippen LogP contribution in [0.3, 0.4) is 0 Å². The van der Waals surface area contributed by atoms with Gasteiger partial charge in [-0.1, -0.05) is 24.4 Å². The minimum absolute atomic E-state index is 0.164. The van der Waals surface area contributed by atoms with Crippen LogP contribution in [0.1, 0.15) is 36.0 Å². The Morgan fingerprint density at radius 3 is 2.29 bits per heavy atom. The number of carbonyl (C=O) groups excluding carboxylic acids is 1. The van der Waals surface area contributed by atoms with Crippen LogP contribution in [0, 0.1) is 5.82 Å². The Morgan fingerprint density at radius 1 is 1.19 bits per heavy atom. The van der Waals surface area contributed by atoms with E-state index in [9.17, 15) is 17.6 Å². The van der Waals surface area contributed by atoms with E-state index in [1.807, 2.05) is 0 Å². The molecule has 1 heterocycles. The first kappa shape index (κ1) is 16.2. The van der Waals surface area contributed by atoms with Gasteiger partial charge in [0.15, 0.2) is 0 Å². The molecule has 0 saturated carbocycles. The number of primary sulfonamides is 1. The number of nitrogens with two attached hydrogens (primary N) is 1. The summed E-state index contributed by atoms with van der Waals surface area (Å²) in [7, 11) is -4.11. The standard InChI is InChI=1S/C13H16ClFN2O3S/c14-12-10(7-9(8-11(12)15)21(16,19)20)13(18)17-5-3-1-2-4-6-17/h7-8H,1-6H2,(H2,16,19,20). The molecule has 1 saturated heterocycles. The third kappa shape index (κ3) is 3.72. The smallest absolute Gasteiger partial charge is 0.255 e. The van der Waals surface area contributed by atoms with Crippen LogP contribution >= 0.6 is 11.6 Å². The highest BCUT2D eigenvalue weighted by molar-refractivity contribution is 7.89. The number of amides is 1. The second kappa shape index (κ2) is 6.29. The van der Waals surface area contributed by atoms with Gasteiger partial charge in [-0.3, -0.25) is 4.79 Å². The first-order chi connectivity index (χ1) is 9.80. The highest BCUT2D eigenvalue weighted by Gasteiger charge is 2.24. The largest absolute Gasteiger partial charge is 0.339 e. The molecule has 1 aliphatic rings. The summed E-state index contributed by atoms with van der Waals surface area (Å²) >= 11 is 5.81. The molecule has 2 rings (SSSR count). The van der Waals surface area contributed by atoms with Crippen LogP contribution in [0.2, 0.25) is 5.02 Å². The van der Waals surface area contributed by atoms with Crippen molar-refractivity contribution in [3.63, 3.8) is 0 Å². The van der Waals surface area contributed by atoms with Crippen molar-refractivity contribution in [2.45, 2.75) is 30.6 Å². The van der Waals surface area contributed by atoms with Crippen LogP contribution in [0.5, 0.6) is 0 Å². The average Bonchev–Trinajstić information content (AvgIpc) is 2.68. The molecule has 0 unspecified atom stereocenters. The number of rotatable bonds is 2. The van der Waals surface area contributed by atoms with Crippen LogP contribution in [0.15, 0.2) is 17.0 Å². The molecule has 1 aromatic rings. The lowest BCUT2D eigenvalue weighted by Crippen LogP contribution is -2.32. The Kier molecular flexibility index (Phi) is 4.85. The normalized spacial score (nSPS) is 16.6. The summed E-state index contributed by atoms with van der Waals surface area (Å²) < 4.78 is 36.4. The number of halogens is 2. The van der Waals surface area contributed by atoms with Crippen molar-refractivity contribution in [1.82, 2.24) is 4.90 Å². The fourth-order valence-corrected chi connectivity index (χ4v) is 3.07. The van der Waals surface area contributed by atoms with Crippen LogP contribution in [-0.2, 0) is 10.0 Å². The summed E-state index contributed by atoms with van der Waals surface area (Å²) in [5.41, 5.74) is -0.164. The first-order valence-corrected chi connectivity index (χ1v) is 8.54. The van der Waals surface area contributed by atoms with Gasteiger partial charge < -0.3 is 4.90 Å². The molecule has 1 aliphatic heterocycles. The van der Waals surface area contributed by atoms with Gasteiger partial charge in [0.05, 0.1) is 15.5 Å². The molecule has 0 aromatic heterocycles. The van der Waals surface area contributed by atoms with Crippen LogP contribution in [-0.4, -0.2) is 32.3 Å². The molecule has 21 heavy (non-hydrogen) atoms. The second-order valence-corrected chi connectivity index (χ2v) is 6.96. The summed E-state index contributed by atoms with van der Waals surface area (Å²) in [5, 5.41) is 4.61. The molecule has 1 amide bonds. The molecule has 0 spiro atoms. The lowest BCUT2D eigenvalue weighted by Gasteiger charge is -2.21. The number of likely N-dealkylation sites (tertiary alicyclic amines) is 1. The van der Waals surface area contributed by atoms with Crippen molar-refractivity contribution in [3.05, 3.63) is 28.5 Å². The van der Waals surface area contributed by atoms with Gasteiger partial charge in [-0.15, -0.1) is 0 Å². The molecular formula is C13H16ClFN2O3S. The third-order valence-electron chi connectivity index (χ3n) is 3.45. The summed E-state index contributed by atoms with van der Waals surface area (Å²) in [6, 6.07) is 1.75. The van der Waals surface area contributed by atoms with Crippen LogP contribution < -0.4 is 5.14 Å². The maximum Gasteiger partial charge on any atom is 0.255 e. The van der Waals surface area contributed by atoms with Gasteiger partial charge in [0.1, 0.15) is 5.82 Å². The zero-order chi connectivity index (χ0) is 15.6. The second-order valence-electron chi connectivity index (χ2n) is 5.02. The molecule has 0 bridgehead atoms. The van der Waals surface area contributed by atoms with Gasteiger partial charge in [0, 0.05) is 13.1 Å². The van der Waals surface area contributed by atoms with E-state index in [2.05, 4.69) is 0 Å². The predicted molar refractivity (Wildman–Crippen MR) is 77.2 cm³/mol. The summed E-state index contributed by atoms with van der Waals surface area (Å²) in [4.78, 5) is 13.6. The van der Waals surface area contributed by atoms with Gasteiger partial charge in [0.2, 0.25) is 10.0 Å². The Balaban J connectivity index is 2.42. The van der Waals surface area contributed by atoms with Crippen molar-refractivity contribution >= 4 is 27.5 Å². The van der Waals surface area contributed by atoms with Crippen molar-refractivity contribution < 1.29 is 17.6 Å². The lowest BCUT2D eigenvalue weighted by atomic mass is 10.2. The number of hydrogen-bond donors (Lipinski definition) is 1. The molecule has 1 aromatic carbocycles. The van der Waals surface area contributed by atoms with E-state index in [1.54, 1.807) is 4.90 Å². The number of nitrogens with zero attached hydrogens (tertiary/aromatic N) is 1. The lowest BCUT2D eigenvalue weighted by molar-refractivity contribution is 0.0761. The van der Waals surface area contributed by atoms with Crippen molar-refractivity contribution in [3.8, 4) is 0 Å². The van der Waals surface area contributed by atoms with Crippen molar-refractivity contribution in [2.75, 3.05) is 13.1 Å². The fraction of sp³-hybridized carbons (Fsp3) is 0.462. The topological polar surface area (TPSA) is 80.5 Å². The Labute approximate surface area is 127 Å². The average molecular weight is 335 g/mol. The number of sulfonamides is 1. The first-order valence-electron chi connectivity index (χ1n) is 6.62. The maximum atomic E-state index is 13.8. The molecule has 0 radical (unpaired) electrons. The van der Waals surface area contributed by atoms with E-state index >= 15 is 0 Å². The monoisotopic (exact) mass is 334 g/mol. The number of hydrogen-bond acceptors (Lipinski definition) is 3. The highest BCUT2D eigenvalue weighted by Crippen LogP contribution is 2.26. The SMILES string of the molecule is NS(=O)(=O)c1cc(F)c(Cl)c(C(=O)N2CCCCCC2)c1. The maximum absolute atomic E-state index is 13.8. The molecular weight excluding hydrogens is 319 g/mol. The summed E-state index contributed by atoms with van der Waals surface area (Å²) in [6.07, 6.45) is 3.79. The molecule has 5 nitrogen and oxygen atoms in total. The van der Waals surface area contributed by atoms with Gasteiger partial charge in [-0.05, 0) is 25.0 Å². The molecule has 0 aliphatic carbocycles. The molecule has 0 atom stereocenters. The van der Waals surface area contributed by atoms with E-state index in [4.69, 9.17) is 16.7 Å². The van der Waals surface area contributed by atoms with Gasteiger partial charge in [-0.2, -0.15) is 0 Å². The minimum Gasteiger partial charge on any atom is -0.339 e. The number of benzene rings is 1. The van der Waals surface area contributed by atoms with Gasteiger partial charge in [0.25, 0.3) is 5.91 Å². The van der Waals surface area contributed by atoms with E-state index in [0.29, 0.717) is 13.1 Å². The van der Waals surface area contributed by atoms with E-state index < -0.39 is 26.6 Å². The Bertz CT molecular complexity index is 656. The quantitative estimate of drug-likeness (QED) is 0.899. The van der Waals surface area contributed by atoms with Gasteiger partial charge >= 0.3 is 0 Å².